The lowest BCUT2D eigenvalue weighted by atomic mass is 9.96. The molecule has 1 aliphatic carbocycles. The van der Waals surface area contributed by atoms with Gasteiger partial charge in [0, 0.05) is 12.2 Å². The molecule has 1 saturated carbocycles. The van der Waals surface area contributed by atoms with E-state index in [9.17, 15) is 14.0 Å². The molecular weight excluding hydrogens is 465 g/mol. The molecule has 1 unspecified atom stereocenters. The Labute approximate surface area is 215 Å². The largest absolute Gasteiger partial charge is 0.330 e. The van der Waals surface area contributed by atoms with Crippen molar-refractivity contribution >= 4 is 17.5 Å². The highest BCUT2D eigenvalue weighted by atomic mass is 19.1. The molecule has 1 fully saturated rings. The van der Waals surface area contributed by atoms with Crippen molar-refractivity contribution in [3.05, 3.63) is 119 Å². The van der Waals surface area contributed by atoms with E-state index in [-0.39, 0.29) is 42.7 Å². The summed E-state index contributed by atoms with van der Waals surface area (Å²) in [5.74, 6) is -0.560. The second-order valence-electron chi connectivity index (χ2n) is 9.93. The van der Waals surface area contributed by atoms with Gasteiger partial charge in [0.1, 0.15) is 18.4 Å². The fourth-order valence-electron chi connectivity index (χ4n) is 5.33. The number of aryl methyl sites for hydroxylation is 1. The Hall–Kier alpha value is -4.19. The molecule has 6 heteroatoms. The number of carbonyl (C=O) groups is 2. The number of nitrogens with zero attached hydrogens (tertiary/aromatic N) is 3. The molecule has 0 saturated heterocycles. The summed E-state index contributed by atoms with van der Waals surface area (Å²) in [5, 5.41) is 0. The molecule has 2 aliphatic rings. The highest BCUT2D eigenvalue weighted by Crippen LogP contribution is 2.42. The molecule has 6 rings (SSSR count). The van der Waals surface area contributed by atoms with Gasteiger partial charge in [-0.25, -0.2) is 4.39 Å². The molecule has 2 heterocycles. The van der Waals surface area contributed by atoms with Gasteiger partial charge in [0.2, 0.25) is 11.8 Å². The number of halogens is 1. The number of carbonyl (C=O) groups excluding carboxylic acids is 2. The topological polar surface area (TPSA) is 45.6 Å². The van der Waals surface area contributed by atoms with Crippen molar-refractivity contribution in [1.29, 1.82) is 0 Å². The number of benzene rings is 3. The molecule has 0 bridgehead atoms. The van der Waals surface area contributed by atoms with Crippen LogP contribution < -0.4 is 4.90 Å². The average Bonchev–Trinajstić information content (AvgIpc) is 3.62. The minimum absolute atomic E-state index is 0.00204. The maximum absolute atomic E-state index is 14.2. The molecule has 1 atom stereocenters. The van der Waals surface area contributed by atoms with Gasteiger partial charge in [-0.1, -0.05) is 54.1 Å². The summed E-state index contributed by atoms with van der Waals surface area (Å²) in [7, 11) is 0. The van der Waals surface area contributed by atoms with Crippen LogP contribution in [0, 0.1) is 12.7 Å². The number of rotatable bonds is 6. The summed E-state index contributed by atoms with van der Waals surface area (Å²) in [6.45, 7) is 2.05. The van der Waals surface area contributed by atoms with Crippen LogP contribution in [0.4, 0.5) is 10.1 Å². The van der Waals surface area contributed by atoms with E-state index in [4.69, 9.17) is 0 Å². The summed E-state index contributed by atoms with van der Waals surface area (Å²) in [6.07, 6.45) is 3.96. The lowest BCUT2D eigenvalue weighted by Crippen LogP contribution is -2.47. The Morgan fingerprint density at radius 1 is 0.919 bits per heavy atom. The molecule has 0 spiro atoms. The Morgan fingerprint density at radius 3 is 2.41 bits per heavy atom. The summed E-state index contributed by atoms with van der Waals surface area (Å²) >= 11 is 0. The van der Waals surface area contributed by atoms with E-state index < -0.39 is 0 Å². The first kappa shape index (κ1) is 23.2. The monoisotopic (exact) mass is 493 g/mol. The highest BCUT2D eigenvalue weighted by molar-refractivity contribution is 6.00. The number of anilines is 1. The van der Waals surface area contributed by atoms with Gasteiger partial charge in [-0.15, -0.1) is 0 Å². The van der Waals surface area contributed by atoms with Crippen molar-refractivity contribution < 1.29 is 14.0 Å². The third-order valence-electron chi connectivity index (χ3n) is 7.23. The molecular formula is C31H28FN3O2. The van der Waals surface area contributed by atoms with Crippen molar-refractivity contribution in [2.24, 2.45) is 0 Å². The van der Waals surface area contributed by atoms with Gasteiger partial charge in [0.15, 0.2) is 0 Å². The summed E-state index contributed by atoms with van der Waals surface area (Å²) in [6, 6.07) is 25.9. The fraction of sp³-hybridized carbons (Fsp3) is 0.226. The summed E-state index contributed by atoms with van der Waals surface area (Å²) in [5.41, 5.74) is 5.66. The van der Waals surface area contributed by atoms with Crippen LogP contribution in [0.3, 0.4) is 0 Å². The van der Waals surface area contributed by atoms with E-state index in [0.29, 0.717) is 0 Å². The summed E-state index contributed by atoms with van der Waals surface area (Å²) < 4.78 is 15.5. The van der Waals surface area contributed by atoms with Crippen molar-refractivity contribution in [1.82, 2.24) is 9.47 Å². The Morgan fingerprint density at radius 2 is 1.68 bits per heavy atom. The van der Waals surface area contributed by atoms with Crippen LogP contribution in [-0.4, -0.2) is 33.9 Å². The van der Waals surface area contributed by atoms with E-state index in [1.807, 2.05) is 47.5 Å². The highest BCUT2D eigenvalue weighted by Gasteiger charge is 2.39. The molecule has 186 valence electrons. The molecule has 1 aliphatic heterocycles. The van der Waals surface area contributed by atoms with E-state index in [0.717, 1.165) is 46.6 Å². The van der Waals surface area contributed by atoms with Crippen LogP contribution in [0.15, 0.2) is 91.1 Å². The maximum Gasteiger partial charge on any atom is 0.247 e. The Balaban J connectivity index is 1.36. The normalized spacial score (nSPS) is 16.2. The number of para-hydroxylation sites is 2. The van der Waals surface area contributed by atoms with E-state index in [1.165, 1.54) is 12.1 Å². The van der Waals surface area contributed by atoms with Crippen molar-refractivity contribution in [2.75, 3.05) is 11.4 Å². The number of aromatic nitrogens is 1. The first-order valence-electron chi connectivity index (χ1n) is 12.7. The molecule has 37 heavy (non-hydrogen) atoms. The Kier molecular flexibility index (Phi) is 5.87. The number of hydrogen-bond donors (Lipinski definition) is 0. The van der Waals surface area contributed by atoms with Crippen molar-refractivity contribution in [3.63, 3.8) is 0 Å². The fourth-order valence-corrected chi connectivity index (χ4v) is 5.33. The van der Waals surface area contributed by atoms with Crippen LogP contribution in [0.5, 0.6) is 0 Å². The van der Waals surface area contributed by atoms with E-state index in [1.54, 1.807) is 17.0 Å². The second-order valence-corrected chi connectivity index (χ2v) is 9.93. The zero-order chi connectivity index (χ0) is 25.5. The number of hydrogen-bond acceptors (Lipinski definition) is 2. The van der Waals surface area contributed by atoms with Crippen LogP contribution in [-0.2, 0) is 16.0 Å². The first-order valence-corrected chi connectivity index (χ1v) is 12.7. The van der Waals surface area contributed by atoms with Crippen LogP contribution in [0.25, 0.3) is 5.69 Å². The number of amides is 2. The van der Waals surface area contributed by atoms with Gasteiger partial charge in [-0.05, 0) is 67.3 Å². The number of fused-ring (bicyclic) bond motifs is 3. The zero-order valence-corrected chi connectivity index (χ0v) is 20.7. The quantitative estimate of drug-likeness (QED) is 0.351. The molecule has 4 aromatic rings. The van der Waals surface area contributed by atoms with Gasteiger partial charge in [0.25, 0.3) is 0 Å². The van der Waals surface area contributed by atoms with Gasteiger partial charge in [0.05, 0.1) is 23.5 Å². The van der Waals surface area contributed by atoms with Crippen molar-refractivity contribution in [2.45, 2.75) is 38.3 Å². The molecule has 1 aromatic heterocycles. The van der Waals surface area contributed by atoms with Gasteiger partial charge >= 0.3 is 0 Å². The predicted octanol–water partition coefficient (Wildman–Crippen LogP) is 5.59. The first-order chi connectivity index (χ1) is 18.0. The zero-order valence-electron chi connectivity index (χ0n) is 20.7. The third kappa shape index (κ3) is 4.44. The van der Waals surface area contributed by atoms with Gasteiger partial charge in [-0.3, -0.25) is 14.5 Å². The minimum atomic E-state index is -0.332. The van der Waals surface area contributed by atoms with Crippen molar-refractivity contribution in [3.8, 4) is 5.69 Å². The Bertz CT molecular complexity index is 1470. The smallest absolute Gasteiger partial charge is 0.247 e. The lowest BCUT2D eigenvalue weighted by Gasteiger charge is -2.39. The predicted molar refractivity (Wildman–Crippen MR) is 141 cm³/mol. The molecule has 2 amide bonds. The van der Waals surface area contributed by atoms with Crippen LogP contribution in [0.1, 0.15) is 41.3 Å². The minimum Gasteiger partial charge on any atom is -0.330 e. The third-order valence-corrected chi connectivity index (χ3v) is 7.23. The SMILES string of the molecule is Cc1cccc(C2c3cccn3-c3ccccc3N2C(=O)CN(C(=O)Cc2ccc(F)cc2)C2CC2)c1. The summed E-state index contributed by atoms with van der Waals surface area (Å²) in [4.78, 5) is 31.1. The average molecular weight is 494 g/mol. The van der Waals surface area contributed by atoms with Gasteiger partial charge < -0.3 is 9.47 Å². The van der Waals surface area contributed by atoms with Crippen LogP contribution >= 0.6 is 0 Å². The molecule has 3 aromatic carbocycles. The molecule has 0 N–H and O–H groups in total. The van der Waals surface area contributed by atoms with E-state index >= 15 is 0 Å². The maximum atomic E-state index is 14.2. The molecule has 5 nitrogen and oxygen atoms in total. The second kappa shape index (κ2) is 9.36. The van der Waals surface area contributed by atoms with E-state index in [2.05, 4.69) is 35.8 Å². The van der Waals surface area contributed by atoms with Crippen LogP contribution in [0.2, 0.25) is 0 Å². The van der Waals surface area contributed by atoms with Gasteiger partial charge in [-0.2, -0.15) is 0 Å². The lowest BCUT2D eigenvalue weighted by molar-refractivity contribution is -0.135. The molecule has 0 radical (unpaired) electrons. The standard InChI is InChI=1S/C31H28FN3O2/c1-21-6-4-7-23(18-21)31-28-10-5-17-33(28)26-8-2-3-9-27(26)35(31)30(37)20-34(25-15-16-25)29(36)19-22-11-13-24(32)14-12-22/h2-14,17-18,25,31H,15-16,19-20H2,1H3.